The smallest absolute Gasteiger partial charge is 0.138 e. The average molecular weight is 1120 g/mol. The van der Waals surface area contributed by atoms with Gasteiger partial charge in [0.05, 0.1) is 38.8 Å². The van der Waals surface area contributed by atoms with Crippen molar-refractivity contribution in [2.75, 3.05) is 0 Å². The van der Waals surface area contributed by atoms with Crippen molar-refractivity contribution in [2.45, 2.75) is 0 Å². The zero-order valence-corrected chi connectivity index (χ0v) is 47.4. The summed E-state index contributed by atoms with van der Waals surface area (Å²) in [6.45, 7) is 0. The molecule has 0 bridgehead atoms. The van der Waals surface area contributed by atoms with E-state index in [1.165, 1.54) is 137 Å². The molecule has 0 radical (unpaired) electrons. The first-order valence-corrected chi connectivity index (χ1v) is 30.9. The van der Waals surface area contributed by atoms with Gasteiger partial charge in [0.1, 0.15) is 5.82 Å². The van der Waals surface area contributed by atoms with Crippen LogP contribution in [-0.2, 0) is 0 Å². The van der Waals surface area contributed by atoms with E-state index in [9.17, 15) is 0 Å². The van der Waals surface area contributed by atoms with Crippen LogP contribution in [0.25, 0.3) is 177 Å². The lowest BCUT2D eigenvalue weighted by Crippen LogP contribution is -1.99. The highest BCUT2D eigenvalue weighted by Gasteiger charge is 2.22. The highest BCUT2D eigenvalue weighted by atomic mass is 32.1. The highest BCUT2D eigenvalue weighted by Crippen LogP contribution is 2.46. The van der Waals surface area contributed by atoms with Gasteiger partial charge in [-0.1, -0.05) is 146 Å². The lowest BCUT2D eigenvalue weighted by atomic mass is 9.99. The monoisotopic (exact) mass is 1120 g/mol. The van der Waals surface area contributed by atoms with Crippen molar-refractivity contribution < 1.29 is 0 Å². The van der Waals surface area contributed by atoms with E-state index in [0.717, 1.165) is 39.3 Å². The minimum absolute atomic E-state index is 0.896. The molecule has 12 aromatic carbocycles. The predicted octanol–water partition coefficient (Wildman–Crippen LogP) is 22.5. The zero-order chi connectivity index (χ0) is 54.7. The van der Waals surface area contributed by atoms with E-state index in [4.69, 9.17) is 4.98 Å². The number of fused-ring (bicyclic) bond motifs is 18. The quantitative estimate of drug-likeness (QED) is 0.163. The van der Waals surface area contributed by atoms with Gasteiger partial charge < -0.3 is 9.13 Å². The minimum atomic E-state index is 0.896. The molecule has 19 rings (SSSR count). The van der Waals surface area contributed by atoms with Crippen molar-refractivity contribution in [1.29, 1.82) is 0 Å². The first-order chi connectivity index (χ1) is 41.6. The van der Waals surface area contributed by atoms with E-state index in [-0.39, 0.29) is 0 Å². The minimum Gasteiger partial charge on any atom is -0.309 e. The molecular weight excluding hydrogens is 1080 g/mol. The first-order valence-electron chi connectivity index (χ1n) is 28.5. The molecule has 19 aromatic rings. The molecule has 4 nitrogen and oxygen atoms in total. The molecule has 0 aliphatic rings. The number of nitrogens with zero attached hydrogens (tertiary/aromatic N) is 4. The van der Waals surface area contributed by atoms with Gasteiger partial charge in [-0.05, 0) is 144 Å². The van der Waals surface area contributed by atoms with Crippen LogP contribution in [-0.4, -0.2) is 18.7 Å². The van der Waals surface area contributed by atoms with Gasteiger partial charge in [-0.2, -0.15) is 0 Å². The maximum atomic E-state index is 5.53. The molecule has 0 aliphatic heterocycles. The maximum absolute atomic E-state index is 5.53. The highest BCUT2D eigenvalue weighted by molar-refractivity contribution is 7.26. The van der Waals surface area contributed by atoms with Crippen molar-refractivity contribution >= 4 is 160 Å². The summed E-state index contributed by atoms with van der Waals surface area (Å²) in [7, 11) is 0. The van der Waals surface area contributed by atoms with Crippen LogP contribution in [0, 0.1) is 0 Å². The zero-order valence-electron chi connectivity index (χ0n) is 44.9. The normalized spacial score (nSPS) is 12.3. The van der Waals surface area contributed by atoms with Crippen molar-refractivity contribution in [3.63, 3.8) is 0 Å². The second-order valence-corrected chi connectivity index (χ2v) is 25.4. The molecule has 84 heavy (non-hydrogen) atoms. The largest absolute Gasteiger partial charge is 0.309 e. The molecule has 0 fully saturated rings. The topological polar surface area (TPSA) is 27.7 Å². The Bertz CT molecular complexity index is 6000. The van der Waals surface area contributed by atoms with Crippen LogP contribution in [0.5, 0.6) is 0 Å². The van der Waals surface area contributed by atoms with Gasteiger partial charge in [0, 0.05) is 110 Å². The molecule has 390 valence electrons. The van der Waals surface area contributed by atoms with E-state index < -0.39 is 0 Å². The van der Waals surface area contributed by atoms with Crippen molar-refractivity contribution in [3.8, 4) is 50.7 Å². The number of para-hydroxylation sites is 2. The Labute approximate surface area is 492 Å². The summed E-state index contributed by atoms with van der Waals surface area (Å²) in [5.41, 5.74) is 16.2. The predicted molar refractivity (Wildman–Crippen MR) is 362 cm³/mol. The summed E-state index contributed by atoms with van der Waals surface area (Å²) < 4.78 is 15.1. The number of aromatic nitrogens is 4. The molecule has 0 saturated carbocycles. The molecular formula is C77H44N4S3. The second-order valence-electron chi connectivity index (χ2n) is 22.2. The molecule has 0 spiro atoms. The van der Waals surface area contributed by atoms with Crippen molar-refractivity contribution in [3.05, 3.63) is 267 Å². The van der Waals surface area contributed by atoms with E-state index in [1.807, 2.05) is 34.0 Å². The van der Waals surface area contributed by atoms with Crippen LogP contribution in [0.1, 0.15) is 0 Å². The van der Waals surface area contributed by atoms with Gasteiger partial charge in [-0.25, -0.2) is 4.98 Å². The van der Waals surface area contributed by atoms with Crippen LogP contribution in [0.4, 0.5) is 0 Å². The van der Waals surface area contributed by atoms with Crippen LogP contribution in [0.2, 0.25) is 0 Å². The van der Waals surface area contributed by atoms with E-state index in [2.05, 4.69) is 281 Å². The molecule has 7 heterocycles. The molecule has 0 amide bonds. The molecule has 0 saturated heterocycles. The molecule has 0 N–H and O–H groups in total. The number of hydrogen-bond acceptors (Lipinski definition) is 4. The van der Waals surface area contributed by atoms with Crippen LogP contribution in [0.3, 0.4) is 0 Å². The second kappa shape index (κ2) is 17.7. The summed E-state index contributed by atoms with van der Waals surface area (Å²) in [6.07, 6.45) is 0. The Hall–Kier alpha value is -10.2. The fourth-order valence-electron chi connectivity index (χ4n) is 13.8. The molecule has 0 aliphatic carbocycles. The molecule has 7 heteroatoms. The lowest BCUT2D eigenvalue weighted by molar-refractivity contribution is 1.08. The maximum Gasteiger partial charge on any atom is 0.138 e. The fourth-order valence-corrected chi connectivity index (χ4v) is 17.2. The summed E-state index contributed by atoms with van der Waals surface area (Å²) in [5.74, 6) is 0.896. The molecule has 0 unspecified atom stereocenters. The third kappa shape index (κ3) is 6.77. The number of hydrogen-bond donors (Lipinski definition) is 0. The Morgan fingerprint density at radius 2 is 0.690 bits per heavy atom. The lowest BCUT2D eigenvalue weighted by Gasteiger charge is -2.11. The van der Waals surface area contributed by atoms with Gasteiger partial charge in [-0.3, -0.25) is 4.57 Å². The van der Waals surface area contributed by atoms with Gasteiger partial charge in [0.2, 0.25) is 0 Å². The number of benzene rings is 12. The summed E-state index contributed by atoms with van der Waals surface area (Å²) >= 11 is 5.58. The fraction of sp³-hybridized carbons (Fsp3) is 0. The SMILES string of the molecule is c1ccc(-c2ccc3c(c2)c2cc(-c4ccc5sc6ccc(-n7c8ccccc8c8cc9c%10ccccc%10n(-c%10cccc(-c%11cccc%12c%11sc%11ccccc%11%12)n%10)c9cc87)cc6c5c4)ccc2n3-c2ccc3sc4ccccc4c3c2)cc1. The summed E-state index contributed by atoms with van der Waals surface area (Å²) in [6, 6.07) is 99.2. The van der Waals surface area contributed by atoms with Crippen molar-refractivity contribution in [2.24, 2.45) is 0 Å². The standard InChI is InChI=1S/C77H44N4S3/c1-2-14-45(15-3-1)46-28-33-67-57(38-46)58-39-47(29-34-68(58)79(67)49-31-36-74-62(41-49)54-19-7-10-25-71(54)82-74)48-30-35-73-61(40-48)63-42-50(32-37-75(63)83-73)80-65-23-8-4-16-51(65)59-43-60-52-17-5-9-24-66(52)81(70(60)44-69(59)80)76-27-13-22-64(78-76)56-21-12-20-55-53-18-6-11-26-72(53)84-77(55)56/h1-44H. The van der Waals surface area contributed by atoms with Gasteiger partial charge in [0.15, 0.2) is 0 Å². The number of pyridine rings is 1. The average Bonchev–Trinajstić information content (AvgIpc) is 2.43. The third-order valence-electron chi connectivity index (χ3n) is 17.6. The van der Waals surface area contributed by atoms with E-state index in [0.29, 0.717) is 0 Å². The Morgan fingerprint density at radius 1 is 0.238 bits per heavy atom. The van der Waals surface area contributed by atoms with Crippen LogP contribution < -0.4 is 0 Å². The number of thiophene rings is 3. The Morgan fingerprint density at radius 3 is 1.38 bits per heavy atom. The summed E-state index contributed by atoms with van der Waals surface area (Å²) in [4.78, 5) is 5.53. The van der Waals surface area contributed by atoms with E-state index >= 15 is 0 Å². The number of rotatable bonds is 6. The van der Waals surface area contributed by atoms with Crippen LogP contribution >= 0.6 is 34.0 Å². The third-order valence-corrected chi connectivity index (χ3v) is 21.2. The van der Waals surface area contributed by atoms with Crippen LogP contribution in [0.15, 0.2) is 267 Å². The van der Waals surface area contributed by atoms with Gasteiger partial charge >= 0.3 is 0 Å². The summed E-state index contributed by atoms with van der Waals surface area (Å²) in [5, 5.41) is 15.0. The van der Waals surface area contributed by atoms with Gasteiger partial charge in [0.25, 0.3) is 0 Å². The first kappa shape index (κ1) is 46.5. The van der Waals surface area contributed by atoms with E-state index in [1.54, 1.807) is 0 Å². The van der Waals surface area contributed by atoms with Crippen molar-refractivity contribution in [1.82, 2.24) is 18.7 Å². The van der Waals surface area contributed by atoms with Gasteiger partial charge in [-0.15, -0.1) is 34.0 Å². The Kier molecular flexibility index (Phi) is 9.78. The Balaban J connectivity index is 0.769. The molecule has 0 atom stereocenters. The molecule has 7 aromatic heterocycles.